The lowest BCUT2D eigenvalue weighted by atomic mass is 9.93. The highest BCUT2D eigenvalue weighted by Gasteiger charge is 2.28. The van der Waals surface area contributed by atoms with Gasteiger partial charge in [-0.1, -0.05) is 35.2 Å². The minimum atomic E-state index is -0.353. The first-order chi connectivity index (χ1) is 14.8. The van der Waals surface area contributed by atoms with Crippen LogP contribution in [0, 0.1) is 20.8 Å². The molecule has 0 bridgehead atoms. The standard InChI is InChI=1S/C24H32BrN3O3/c1-5-31-23(29)22-16(3)20(17(4)26-22)14-28(19-9-7-6-8-10-19)24(30)27-18-11-12-21(25)15(2)13-18/h11-13,19,26H,5-10,14H2,1-4H3,(H,27,30). The highest BCUT2D eigenvalue weighted by molar-refractivity contribution is 9.10. The van der Waals surface area contributed by atoms with Gasteiger partial charge in [-0.25, -0.2) is 9.59 Å². The summed E-state index contributed by atoms with van der Waals surface area (Å²) in [5.74, 6) is -0.353. The average Bonchev–Trinajstić information content (AvgIpc) is 3.03. The predicted molar refractivity (Wildman–Crippen MR) is 127 cm³/mol. The Morgan fingerprint density at radius 3 is 2.55 bits per heavy atom. The quantitative estimate of drug-likeness (QED) is 0.471. The number of urea groups is 1. The predicted octanol–water partition coefficient (Wildman–Crippen LogP) is 6.25. The van der Waals surface area contributed by atoms with Crippen molar-refractivity contribution < 1.29 is 14.3 Å². The Kier molecular flexibility index (Phi) is 7.81. The van der Waals surface area contributed by atoms with Crippen LogP contribution < -0.4 is 5.32 Å². The summed E-state index contributed by atoms with van der Waals surface area (Å²) in [4.78, 5) is 30.8. The third-order valence-electron chi connectivity index (χ3n) is 6.09. The Morgan fingerprint density at radius 1 is 1.19 bits per heavy atom. The second-order valence-corrected chi connectivity index (χ2v) is 9.12. The van der Waals surface area contributed by atoms with Crippen LogP contribution in [-0.4, -0.2) is 34.5 Å². The van der Waals surface area contributed by atoms with E-state index in [0.717, 1.165) is 58.2 Å². The van der Waals surface area contributed by atoms with Gasteiger partial charge in [-0.2, -0.15) is 0 Å². The van der Waals surface area contributed by atoms with Crippen molar-refractivity contribution in [3.63, 3.8) is 0 Å². The zero-order valence-corrected chi connectivity index (χ0v) is 20.4. The number of benzene rings is 1. The molecule has 2 N–H and O–H groups in total. The van der Waals surface area contributed by atoms with Crippen molar-refractivity contribution in [1.29, 1.82) is 0 Å². The van der Waals surface area contributed by atoms with E-state index >= 15 is 0 Å². The number of hydrogen-bond acceptors (Lipinski definition) is 3. The Morgan fingerprint density at radius 2 is 1.90 bits per heavy atom. The van der Waals surface area contributed by atoms with Crippen molar-refractivity contribution in [1.82, 2.24) is 9.88 Å². The molecule has 0 saturated heterocycles. The molecule has 1 fully saturated rings. The van der Waals surface area contributed by atoms with Crippen LogP contribution in [0.15, 0.2) is 22.7 Å². The lowest BCUT2D eigenvalue weighted by molar-refractivity contribution is 0.0519. The van der Waals surface area contributed by atoms with E-state index in [1.165, 1.54) is 6.42 Å². The van der Waals surface area contributed by atoms with E-state index in [1.54, 1.807) is 6.92 Å². The number of aromatic nitrogens is 1. The first-order valence-electron chi connectivity index (χ1n) is 11.0. The number of aromatic amines is 1. The number of aryl methyl sites for hydroxylation is 2. The Balaban J connectivity index is 1.86. The van der Waals surface area contributed by atoms with Gasteiger partial charge >= 0.3 is 12.0 Å². The number of halogens is 1. The minimum absolute atomic E-state index is 0.105. The van der Waals surface area contributed by atoms with Gasteiger partial charge in [0.05, 0.1) is 6.61 Å². The fourth-order valence-corrected chi connectivity index (χ4v) is 4.53. The van der Waals surface area contributed by atoms with Crippen LogP contribution in [0.4, 0.5) is 10.5 Å². The fourth-order valence-electron chi connectivity index (χ4n) is 4.28. The van der Waals surface area contributed by atoms with Gasteiger partial charge in [0.1, 0.15) is 5.69 Å². The van der Waals surface area contributed by atoms with Crippen LogP contribution >= 0.6 is 15.9 Å². The van der Waals surface area contributed by atoms with E-state index in [9.17, 15) is 9.59 Å². The van der Waals surface area contributed by atoms with Gasteiger partial charge in [0.15, 0.2) is 0 Å². The number of amides is 2. The molecule has 0 unspecified atom stereocenters. The molecular formula is C24H32BrN3O3. The number of hydrogen-bond donors (Lipinski definition) is 2. The van der Waals surface area contributed by atoms with Crippen LogP contribution in [0.1, 0.15) is 71.9 Å². The number of carbonyl (C=O) groups is 2. The van der Waals surface area contributed by atoms with Gasteiger partial charge < -0.3 is 19.9 Å². The number of nitrogens with one attached hydrogen (secondary N) is 2. The number of nitrogens with zero attached hydrogens (tertiary/aromatic N) is 1. The summed E-state index contributed by atoms with van der Waals surface area (Å²) in [5, 5.41) is 3.08. The number of ether oxygens (including phenoxy) is 1. The summed E-state index contributed by atoms with van der Waals surface area (Å²) in [5.41, 5.74) is 5.05. The van der Waals surface area contributed by atoms with E-state index in [1.807, 2.05) is 43.9 Å². The van der Waals surface area contributed by atoms with Crippen molar-refractivity contribution in [2.24, 2.45) is 0 Å². The van der Waals surface area contributed by atoms with Gasteiger partial charge in [0.25, 0.3) is 0 Å². The van der Waals surface area contributed by atoms with Crippen molar-refractivity contribution >= 4 is 33.6 Å². The van der Waals surface area contributed by atoms with Crippen LogP contribution in [-0.2, 0) is 11.3 Å². The maximum absolute atomic E-state index is 13.4. The monoisotopic (exact) mass is 489 g/mol. The van der Waals surface area contributed by atoms with Crippen molar-refractivity contribution in [2.75, 3.05) is 11.9 Å². The Labute approximate surface area is 192 Å². The molecule has 3 rings (SSSR count). The normalized spacial score (nSPS) is 14.4. The molecule has 168 valence electrons. The lowest BCUT2D eigenvalue weighted by Crippen LogP contribution is -2.43. The van der Waals surface area contributed by atoms with Crippen molar-refractivity contribution in [3.05, 3.63) is 50.8 Å². The van der Waals surface area contributed by atoms with Crippen molar-refractivity contribution in [3.8, 4) is 0 Å². The molecule has 0 radical (unpaired) electrons. The second kappa shape index (κ2) is 10.4. The number of esters is 1. The zero-order valence-electron chi connectivity index (χ0n) is 18.8. The molecule has 1 aliphatic carbocycles. The van der Waals surface area contributed by atoms with Crippen LogP contribution in [0.5, 0.6) is 0 Å². The molecule has 31 heavy (non-hydrogen) atoms. The number of anilines is 1. The minimum Gasteiger partial charge on any atom is -0.461 e. The van der Waals surface area contributed by atoms with Gasteiger partial charge in [0.2, 0.25) is 0 Å². The Hall–Kier alpha value is -2.28. The third kappa shape index (κ3) is 5.50. The van der Waals surface area contributed by atoms with E-state index in [2.05, 4.69) is 26.2 Å². The molecule has 1 aromatic carbocycles. The summed E-state index contributed by atoms with van der Waals surface area (Å²) in [6.07, 6.45) is 5.48. The van der Waals surface area contributed by atoms with E-state index in [4.69, 9.17) is 4.74 Å². The van der Waals surface area contributed by atoms with Gasteiger partial charge in [-0.05, 0) is 75.4 Å². The van der Waals surface area contributed by atoms with Crippen LogP contribution in [0.2, 0.25) is 0 Å². The summed E-state index contributed by atoms with van der Waals surface area (Å²) >= 11 is 3.51. The van der Waals surface area contributed by atoms with Gasteiger partial charge in [-0.15, -0.1) is 0 Å². The van der Waals surface area contributed by atoms with E-state index < -0.39 is 0 Å². The molecule has 0 atom stereocenters. The molecule has 1 heterocycles. The highest BCUT2D eigenvalue weighted by Crippen LogP contribution is 2.28. The summed E-state index contributed by atoms with van der Waals surface area (Å²) in [6, 6.07) is 5.89. The summed E-state index contributed by atoms with van der Waals surface area (Å²) < 4.78 is 6.19. The third-order valence-corrected chi connectivity index (χ3v) is 6.98. The fraction of sp³-hybridized carbons (Fsp3) is 0.500. The Bertz CT molecular complexity index is 948. The maximum Gasteiger partial charge on any atom is 0.355 e. The number of carbonyl (C=O) groups excluding carboxylic acids is 2. The highest BCUT2D eigenvalue weighted by atomic mass is 79.9. The molecule has 2 aromatic rings. The number of rotatable bonds is 6. The molecule has 1 aromatic heterocycles. The first-order valence-corrected chi connectivity index (χ1v) is 11.8. The first kappa shape index (κ1) is 23.4. The molecular weight excluding hydrogens is 458 g/mol. The number of H-pyrrole nitrogens is 1. The molecule has 7 heteroatoms. The van der Waals surface area contributed by atoms with Gasteiger partial charge in [-0.3, -0.25) is 0 Å². The molecule has 2 amide bonds. The van der Waals surface area contributed by atoms with Gasteiger partial charge in [0, 0.05) is 28.4 Å². The molecule has 0 aliphatic heterocycles. The van der Waals surface area contributed by atoms with E-state index in [0.29, 0.717) is 18.8 Å². The molecule has 6 nitrogen and oxygen atoms in total. The second-order valence-electron chi connectivity index (χ2n) is 8.26. The SMILES string of the molecule is CCOC(=O)c1[nH]c(C)c(CN(C(=O)Nc2ccc(Br)c(C)c2)C2CCCCC2)c1C. The van der Waals surface area contributed by atoms with Crippen LogP contribution in [0.25, 0.3) is 0 Å². The largest absolute Gasteiger partial charge is 0.461 e. The molecule has 1 saturated carbocycles. The topological polar surface area (TPSA) is 74.4 Å². The molecule has 0 spiro atoms. The van der Waals surface area contributed by atoms with Crippen molar-refractivity contribution in [2.45, 2.75) is 72.4 Å². The summed E-state index contributed by atoms with van der Waals surface area (Å²) in [7, 11) is 0. The molecule has 1 aliphatic rings. The average molecular weight is 490 g/mol. The zero-order chi connectivity index (χ0) is 22.5. The summed E-state index contributed by atoms with van der Waals surface area (Å²) in [6.45, 7) is 8.44. The smallest absolute Gasteiger partial charge is 0.355 e. The maximum atomic E-state index is 13.4. The lowest BCUT2D eigenvalue weighted by Gasteiger charge is -2.34. The van der Waals surface area contributed by atoms with Crippen LogP contribution in [0.3, 0.4) is 0 Å². The van der Waals surface area contributed by atoms with E-state index in [-0.39, 0.29) is 18.0 Å².